The summed E-state index contributed by atoms with van der Waals surface area (Å²) in [6.07, 6.45) is 0. The number of hydrogen-bond donors (Lipinski definition) is 0. The van der Waals surface area contributed by atoms with E-state index in [4.69, 9.17) is 38.6 Å². The van der Waals surface area contributed by atoms with Crippen molar-refractivity contribution in [2.75, 3.05) is 7.11 Å². The molecule has 78 valence electrons. The van der Waals surface area contributed by atoms with E-state index in [9.17, 15) is 8.42 Å². The zero-order chi connectivity index (χ0) is 10.9. The van der Waals surface area contributed by atoms with E-state index < -0.39 is 9.05 Å². The summed E-state index contributed by atoms with van der Waals surface area (Å²) in [5.74, 6) is 0.292. The monoisotopic (exact) mass is 274 g/mol. The highest BCUT2D eigenvalue weighted by atomic mass is 35.7. The van der Waals surface area contributed by atoms with Gasteiger partial charge in [-0.1, -0.05) is 23.2 Å². The van der Waals surface area contributed by atoms with E-state index in [0.29, 0.717) is 5.75 Å². The van der Waals surface area contributed by atoms with Gasteiger partial charge in [0.1, 0.15) is 15.7 Å². The summed E-state index contributed by atoms with van der Waals surface area (Å²) in [4.78, 5) is -0.230. The molecule has 0 saturated heterocycles. The maximum atomic E-state index is 11.0. The maximum Gasteiger partial charge on any atom is 0.262 e. The summed E-state index contributed by atoms with van der Waals surface area (Å²) in [6.45, 7) is 0. The average molecular weight is 276 g/mol. The maximum absolute atomic E-state index is 11.0. The van der Waals surface area contributed by atoms with E-state index in [0.717, 1.165) is 0 Å². The van der Waals surface area contributed by atoms with Crippen LogP contribution >= 0.6 is 33.9 Å². The third kappa shape index (κ3) is 2.25. The Balaban J connectivity index is 3.47. The van der Waals surface area contributed by atoms with Crippen molar-refractivity contribution < 1.29 is 13.2 Å². The Morgan fingerprint density at radius 3 is 2.21 bits per heavy atom. The van der Waals surface area contributed by atoms with Crippen LogP contribution in [0, 0.1) is 0 Å². The van der Waals surface area contributed by atoms with Gasteiger partial charge in [0.05, 0.1) is 12.1 Å². The van der Waals surface area contributed by atoms with Gasteiger partial charge in [-0.05, 0) is 12.1 Å². The Kier molecular flexibility index (Phi) is 3.53. The Bertz CT molecular complexity index is 455. The molecule has 0 heterocycles. The standard InChI is InChI=1S/C7H5Cl3O3S/c1-13-4-2-3-5(14(10,11)12)7(9)6(4)8/h2-3H,1H3. The molecule has 1 aromatic carbocycles. The second-order valence-electron chi connectivity index (χ2n) is 2.33. The molecule has 0 fully saturated rings. The molecule has 0 N–H and O–H groups in total. The first-order valence-electron chi connectivity index (χ1n) is 3.34. The Morgan fingerprint density at radius 1 is 1.21 bits per heavy atom. The Morgan fingerprint density at radius 2 is 1.79 bits per heavy atom. The van der Waals surface area contributed by atoms with Crippen LogP contribution in [0.5, 0.6) is 5.75 Å². The number of ether oxygens (including phenoxy) is 1. The fraction of sp³-hybridized carbons (Fsp3) is 0.143. The molecule has 0 spiro atoms. The van der Waals surface area contributed by atoms with Crippen molar-refractivity contribution >= 4 is 42.9 Å². The van der Waals surface area contributed by atoms with Crippen LogP contribution in [0.3, 0.4) is 0 Å². The van der Waals surface area contributed by atoms with Gasteiger partial charge in [0, 0.05) is 10.7 Å². The van der Waals surface area contributed by atoms with Crippen molar-refractivity contribution in [2.45, 2.75) is 4.90 Å². The van der Waals surface area contributed by atoms with Crippen molar-refractivity contribution in [3.63, 3.8) is 0 Å². The van der Waals surface area contributed by atoms with Crippen LogP contribution in [0.25, 0.3) is 0 Å². The quantitative estimate of drug-likeness (QED) is 0.780. The molecule has 0 atom stereocenters. The normalized spacial score (nSPS) is 11.4. The summed E-state index contributed by atoms with van der Waals surface area (Å²) < 4.78 is 26.8. The van der Waals surface area contributed by atoms with Gasteiger partial charge < -0.3 is 4.74 Å². The summed E-state index contributed by atoms with van der Waals surface area (Å²) in [6, 6.07) is 2.61. The molecule has 7 heteroatoms. The minimum Gasteiger partial charge on any atom is -0.495 e. The first-order valence-corrected chi connectivity index (χ1v) is 6.41. The number of benzene rings is 1. The lowest BCUT2D eigenvalue weighted by molar-refractivity contribution is 0.414. The van der Waals surface area contributed by atoms with Crippen LogP contribution in [-0.4, -0.2) is 15.5 Å². The smallest absolute Gasteiger partial charge is 0.262 e. The van der Waals surface area contributed by atoms with E-state index in [1.54, 1.807) is 0 Å². The highest BCUT2D eigenvalue weighted by molar-refractivity contribution is 8.13. The van der Waals surface area contributed by atoms with Crippen molar-refractivity contribution in [3.05, 3.63) is 22.2 Å². The van der Waals surface area contributed by atoms with E-state index in [1.165, 1.54) is 19.2 Å². The largest absolute Gasteiger partial charge is 0.495 e. The molecule has 0 aliphatic rings. The lowest BCUT2D eigenvalue weighted by atomic mass is 10.3. The lowest BCUT2D eigenvalue weighted by Crippen LogP contribution is -1.94. The average Bonchev–Trinajstić information content (AvgIpc) is 2.07. The van der Waals surface area contributed by atoms with Crippen LogP contribution in [0.15, 0.2) is 17.0 Å². The van der Waals surface area contributed by atoms with Crippen LogP contribution in [-0.2, 0) is 9.05 Å². The molecule has 0 unspecified atom stereocenters. The number of halogens is 3. The molecule has 1 rings (SSSR count). The SMILES string of the molecule is COc1ccc(S(=O)(=O)Cl)c(Cl)c1Cl. The minimum atomic E-state index is -3.88. The third-order valence-corrected chi connectivity index (χ3v) is 3.83. The Hall–Kier alpha value is -0.160. The summed E-state index contributed by atoms with van der Waals surface area (Å²) >= 11 is 11.4. The predicted molar refractivity (Wildman–Crippen MR) is 56.1 cm³/mol. The summed E-state index contributed by atoms with van der Waals surface area (Å²) in [7, 11) is 2.63. The summed E-state index contributed by atoms with van der Waals surface area (Å²) in [5.41, 5.74) is 0. The molecule has 0 aliphatic carbocycles. The first kappa shape index (κ1) is 11.9. The predicted octanol–water partition coefficient (Wildman–Crippen LogP) is 2.93. The molecule has 0 radical (unpaired) electrons. The third-order valence-electron chi connectivity index (χ3n) is 1.49. The molecule has 0 aliphatic heterocycles. The van der Waals surface area contributed by atoms with Gasteiger partial charge in [0.15, 0.2) is 0 Å². The van der Waals surface area contributed by atoms with Gasteiger partial charge >= 0.3 is 0 Å². The second-order valence-corrected chi connectivity index (χ2v) is 5.62. The zero-order valence-electron chi connectivity index (χ0n) is 6.92. The molecular formula is C7H5Cl3O3S. The fourth-order valence-electron chi connectivity index (χ4n) is 0.860. The van der Waals surface area contributed by atoms with Crippen molar-refractivity contribution in [1.29, 1.82) is 0 Å². The molecular weight excluding hydrogens is 270 g/mol. The van der Waals surface area contributed by atoms with Crippen LogP contribution in [0.2, 0.25) is 10.0 Å². The first-order chi connectivity index (χ1) is 6.38. The van der Waals surface area contributed by atoms with Crippen LogP contribution in [0.1, 0.15) is 0 Å². The Labute approximate surface area is 95.9 Å². The van der Waals surface area contributed by atoms with E-state index in [-0.39, 0.29) is 14.9 Å². The van der Waals surface area contributed by atoms with Crippen LogP contribution < -0.4 is 4.74 Å². The molecule has 0 saturated carbocycles. The molecule has 0 amide bonds. The zero-order valence-corrected chi connectivity index (χ0v) is 10.0. The van der Waals surface area contributed by atoms with Crippen molar-refractivity contribution in [1.82, 2.24) is 0 Å². The van der Waals surface area contributed by atoms with E-state index in [1.807, 2.05) is 0 Å². The van der Waals surface area contributed by atoms with Gasteiger partial charge in [-0.3, -0.25) is 0 Å². The van der Waals surface area contributed by atoms with Crippen molar-refractivity contribution in [3.8, 4) is 5.75 Å². The van der Waals surface area contributed by atoms with Gasteiger partial charge in [0.25, 0.3) is 9.05 Å². The van der Waals surface area contributed by atoms with Gasteiger partial charge in [0.2, 0.25) is 0 Å². The molecule has 0 bridgehead atoms. The minimum absolute atomic E-state index is 0.0240. The highest BCUT2D eigenvalue weighted by Gasteiger charge is 2.19. The van der Waals surface area contributed by atoms with Gasteiger partial charge in [-0.15, -0.1) is 0 Å². The molecule has 1 aromatic rings. The topological polar surface area (TPSA) is 43.4 Å². The second kappa shape index (κ2) is 4.14. The summed E-state index contributed by atoms with van der Waals surface area (Å²) in [5, 5.41) is -0.114. The number of hydrogen-bond acceptors (Lipinski definition) is 3. The molecule has 0 aromatic heterocycles. The lowest BCUT2D eigenvalue weighted by Gasteiger charge is -2.06. The van der Waals surface area contributed by atoms with E-state index in [2.05, 4.69) is 0 Å². The van der Waals surface area contributed by atoms with Gasteiger partial charge in [-0.2, -0.15) is 0 Å². The molecule has 14 heavy (non-hydrogen) atoms. The number of rotatable bonds is 2. The van der Waals surface area contributed by atoms with E-state index >= 15 is 0 Å². The number of methoxy groups -OCH3 is 1. The van der Waals surface area contributed by atoms with Crippen LogP contribution in [0.4, 0.5) is 0 Å². The van der Waals surface area contributed by atoms with Gasteiger partial charge in [-0.25, -0.2) is 8.42 Å². The highest BCUT2D eigenvalue weighted by Crippen LogP contribution is 2.37. The van der Waals surface area contributed by atoms with Crippen molar-refractivity contribution in [2.24, 2.45) is 0 Å². The fourth-order valence-corrected chi connectivity index (χ4v) is 2.67. The molecule has 3 nitrogen and oxygen atoms in total.